The van der Waals surface area contributed by atoms with Crippen LogP contribution in [0.2, 0.25) is 0 Å². The van der Waals surface area contributed by atoms with E-state index in [4.69, 9.17) is 0 Å². The van der Waals surface area contributed by atoms with E-state index in [9.17, 15) is 9.59 Å². The highest BCUT2D eigenvalue weighted by Gasteiger charge is 2.51. The van der Waals surface area contributed by atoms with Gasteiger partial charge in [-0.05, 0) is 43.1 Å². The fraction of sp³-hybridized carbons (Fsp3) is 0.579. The second-order valence-corrected chi connectivity index (χ2v) is 7.15. The Kier molecular flexibility index (Phi) is 3.51. The zero-order chi connectivity index (χ0) is 15.1. The minimum atomic E-state index is 0.107. The molecule has 0 unspecified atom stereocenters. The Bertz CT molecular complexity index is 582. The van der Waals surface area contributed by atoms with Crippen molar-refractivity contribution < 1.29 is 9.59 Å². The molecule has 116 valence electrons. The highest BCUT2D eigenvalue weighted by atomic mass is 16.2. The molecule has 1 aliphatic carbocycles. The SMILES string of the molecule is O=C1C[C@@H]2CCN3C(=O)CCC[C@@H]([C@H]23)[C@@H]1Cc1ccccc1. The molecule has 0 spiro atoms. The predicted octanol–water partition coefficient (Wildman–Crippen LogP) is 2.84. The first kappa shape index (κ1) is 14.0. The minimum Gasteiger partial charge on any atom is -0.339 e. The van der Waals surface area contributed by atoms with Gasteiger partial charge in [-0.25, -0.2) is 0 Å². The summed E-state index contributed by atoms with van der Waals surface area (Å²) in [7, 11) is 0. The van der Waals surface area contributed by atoms with E-state index in [1.54, 1.807) is 0 Å². The number of rotatable bonds is 2. The molecule has 3 aliphatic rings. The number of amides is 1. The average Bonchev–Trinajstić information content (AvgIpc) is 2.86. The second kappa shape index (κ2) is 5.53. The van der Waals surface area contributed by atoms with Crippen LogP contribution in [-0.4, -0.2) is 29.2 Å². The van der Waals surface area contributed by atoms with Crippen LogP contribution in [0.25, 0.3) is 0 Å². The van der Waals surface area contributed by atoms with Crippen LogP contribution >= 0.6 is 0 Å². The summed E-state index contributed by atoms with van der Waals surface area (Å²) < 4.78 is 0. The number of hydrogen-bond acceptors (Lipinski definition) is 2. The molecule has 22 heavy (non-hydrogen) atoms. The van der Waals surface area contributed by atoms with Crippen LogP contribution in [0.1, 0.15) is 37.7 Å². The third-order valence-corrected chi connectivity index (χ3v) is 5.96. The van der Waals surface area contributed by atoms with E-state index in [0.29, 0.717) is 42.4 Å². The number of Topliss-reactive ketones (excluding diaryl/α,β-unsaturated/α-hetero) is 1. The van der Waals surface area contributed by atoms with Gasteiger partial charge in [-0.2, -0.15) is 0 Å². The molecule has 1 saturated carbocycles. The van der Waals surface area contributed by atoms with Crippen molar-refractivity contribution in [2.24, 2.45) is 17.8 Å². The van der Waals surface area contributed by atoms with Gasteiger partial charge in [0.05, 0.1) is 0 Å². The van der Waals surface area contributed by atoms with Crippen molar-refractivity contribution in [2.75, 3.05) is 6.54 Å². The third-order valence-electron chi connectivity index (χ3n) is 5.96. The summed E-state index contributed by atoms with van der Waals surface area (Å²) in [5, 5.41) is 0. The molecule has 0 radical (unpaired) electrons. The topological polar surface area (TPSA) is 37.4 Å². The van der Waals surface area contributed by atoms with Crippen LogP contribution in [0.5, 0.6) is 0 Å². The second-order valence-electron chi connectivity index (χ2n) is 7.15. The Hall–Kier alpha value is -1.64. The largest absolute Gasteiger partial charge is 0.339 e. The van der Waals surface area contributed by atoms with Gasteiger partial charge in [0.2, 0.25) is 5.91 Å². The lowest BCUT2D eigenvalue weighted by atomic mass is 9.67. The van der Waals surface area contributed by atoms with Crippen molar-refractivity contribution in [1.82, 2.24) is 4.90 Å². The van der Waals surface area contributed by atoms with Crippen LogP contribution < -0.4 is 0 Å². The van der Waals surface area contributed by atoms with Crippen molar-refractivity contribution in [3.63, 3.8) is 0 Å². The number of carbonyl (C=O) groups is 2. The lowest BCUT2D eigenvalue weighted by molar-refractivity contribution is -0.137. The van der Waals surface area contributed by atoms with Crippen molar-refractivity contribution in [1.29, 1.82) is 0 Å². The number of carbonyl (C=O) groups excluding carboxylic acids is 2. The number of ketones is 1. The molecular weight excluding hydrogens is 274 g/mol. The van der Waals surface area contributed by atoms with Crippen molar-refractivity contribution in [2.45, 2.75) is 44.6 Å². The maximum Gasteiger partial charge on any atom is 0.222 e. The molecule has 0 aromatic heterocycles. The molecule has 2 heterocycles. The molecule has 1 aromatic carbocycles. The van der Waals surface area contributed by atoms with Gasteiger partial charge in [-0.1, -0.05) is 30.3 Å². The summed E-state index contributed by atoms with van der Waals surface area (Å²) in [6, 6.07) is 10.7. The molecule has 3 heteroatoms. The third kappa shape index (κ3) is 2.27. The van der Waals surface area contributed by atoms with E-state index in [0.717, 1.165) is 32.2 Å². The number of hydrogen-bond donors (Lipinski definition) is 0. The van der Waals surface area contributed by atoms with E-state index in [-0.39, 0.29) is 5.92 Å². The summed E-state index contributed by atoms with van der Waals surface area (Å²) in [6.45, 7) is 0.871. The fourth-order valence-corrected chi connectivity index (χ4v) is 5.00. The number of benzene rings is 1. The summed E-state index contributed by atoms with van der Waals surface area (Å²) in [6.07, 6.45) is 5.20. The zero-order valence-corrected chi connectivity index (χ0v) is 12.9. The highest BCUT2D eigenvalue weighted by molar-refractivity contribution is 5.84. The molecule has 1 amide bonds. The van der Waals surface area contributed by atoms with Crippen LogP contribution in [0.4, 0.5) is 0 Å². The predicted molar refractivity (Wildman–Crippen MR) is 84.2 cm³/mol. The molecule has 3 nitrogen and oxygen atoms in total. The average molecular weight is 297 g/mol. The fourth-order valence-electron chi connectivity index (χ4n) is 5.00. The van der Waals surface area contributed by atoms with Gasteiger partial charge in [0.1, 0.15) is 5.78 Å². The maximum absolute atomic E-state index is 12.7. The van der Waals surface area contributed by atoms with Crippen LogP contribution in [0, 0.1) is 17.8 Å². The van der Waals surface area contributed by atoms with E-state index in [2.05, 4.69) is 17.0 Å². The maximum atomic E-state index is 12.7. The monoisotopic (exact) mass is 297 g/mol. The molecule has 0 N–H and O–H groups in total. The molecule has 0 bridgehead atoms. The molecule has 2 aliphatic heterocycles. The first-order valence-electron chi connectivity index (χ1n) is 8.60. The Morgan fingerprint density at radius 1 is 1.09 bits per heavy atom. The van der Waals surface area contributed by atoms with Gasteiger partial charge in [0, 0.05) is 31.3 Å². The lowest BCUT2D eigenvalue weighted by Crippen LogP contribution is -2.49. The Morgan fingerprint density at radius 2 is 1.91 bits per heavy atom. The van der Waals surface area contributed by atoms with Crippen molar-refractivity contribution >= 4 is 11.7 Å². The van der Waals surface area contributed by atoms with Gasteiger partial charge in [0.15, 0.2) is 0 Å². The van der Waals surface area contributed by atoms with E-state index in [1.807, 2.05) is 18.2 Å². The van der Waals surface area contributed by atoms with Gasteiger partial charge < -0.3 is 4.90 Å². The zero-order valence-electron chi connectivity index (χ0n) is 12.9. The Labute approximate surface area is 131 Å². The summed E-state index contributed by atoms with van der Waals surface area (Å²) >= 11 is 0. The smallest absolute Gasteiger partial charge is 0.222 e. The van der Waals surface area contributed by atoms with Crippen LogP contribution in [0.15, 0.2) is 30.3 Å². The van der Waals surface area contributed by atoms with Gasteiger partial charge in [-0.15, -0.1) is 0 Å². The Morgan fingerprint density at radius 3 is 2.73 bits per heavy atom. The molecule has 4 rings (SSSR count). The Balaban J connectivity index is 1.64. The molecule has 4 atom stereocenters. The lowest BCUT2D eigenvalue weighted by Gasteiger charge is -2.41. The van der Waals surface area contributed by atoms with Crippen molar-refractivity contribution in [3.8, 4) is 0 Å². The highest BCUT2D eigenvalue weighted by Crippen LogP contribution is 2.45. The van der Waals surface area contributed by atoms with E-state index >= 15 is 0 Å². The van der Waals surface area contributed by atoms with Gasteiger partial charge >= 0.3 is 0 Å². The standard InChI is InChI=1S/C19H23NO2/c21-17-12-14-9-10-20-18(22)8-4-7-15(19(14)20)16(17)11-13-5-2-1-3-6-13/h1-3,5-6,14-16,19H,4,7-12H2/t14-,15+,16-,19-/m0/s1. The van der Waals surface area contributed by atoms with Crippen LogP contribution in [-0.2, 0) is 16.0 Å². The van der Waals surface area contributed by atoms with Crippen LogP contribution in [0.3, 0.4) is 0 Å². The van der Waals surface area contributed by atoms with E-state index < -0.39 is 0 Å². The van der Waals surface area contributed by atoms with Crippen molar-refractivity contribution in [3.05, 3.63) is 35.9 Å². The molecule has 3 fully saturated rings. The number of nitrogens with zero attached hydrogens (tertiary/aromatic N) is 1. The quantitative estimate of drug-likeness (QED) is 0.842. The summed E-state index contributed by atoms with van der Waals surface area (Å²) in [5.74, 6) is 1.66. The molecule has 1 aromatic rings. The molecule has 2 saturated heterocycles. The first-order chi connectivity index (χ1) is 10.7. The summed E-state index contributed by atoms with van der Waals surface area (Å²) in [4.78, 5) is 27.2. The van der Waals surface area contributed by atoms with E-state index in [1.165, 1.54) is 5.56 Å². The summed E-state index contributed by atoms with van der Waals surface area (Å²) in [5.41, 5.74) is 1.25. The first-order valence-corrected chi connectivity index (χ1v) is 8.60. The normalized spacial score (nSPS) is 34.5. The molecular formula is C19H23NO2. The van der Waals surface area contributed by atoms with Gasteiger partial charge in [-0.3, -0.25) is 9.59 Å². The minimum absolute atomic E-state index is 0.107. The van der Waals surface area contributed by atoms with Gasteiger partial charge in [0.25, 0.3) is 0 Å².